The Balaban J connectivity index is 2.64. The second-order valence-corrected chi connectivity index (χ2v) is 4.77. The zero-order chi connectivity index (χ0) is 11.4. The van der Waals surface area contributed by atoms with Gasteiger partial charge in [-0.05, 0) is 11.8 Å². The van der Waals surface area contributed by atoms with Crippen LogP contribution in [-0.4, -0.2) is 26.0 Å². The normalized spacial score (nSPS) is 13.8. The molecule has 86 valence electrons. The third-order valence-corrected chi connectivity index (χ3v) is 2.40. The number of hydrogen-bond donors (Lipinski definition) is 1. The lowest BCUT2D eigenvalue weighted by Gasteiger charge is -2.15. The summed E-state index contributed by atoms with van der Waals surface area (Å²) in [6.45, 7) is 9.16. The van der Waals surface area contributed by atoms with E-state index in [0.29, 0.717) is 12.3 Å². The molecule has 1 rings (SSSR count). The van der Waals surface area contributed by atoms with Crippen LogP contribution in [0.1, 0.15) is 33.5 Å². The molecule has 1 N–H and O–H groups in total. The van der Waals surface area contributed by atoms with Gasteiger partial charge in [-0.15, -0.1) is 0 Å². The van der Waals surface area contributed by atoms with Crippen LogP contribution in [-0.2, 0) is 13.0 Å². The first-order valence-corrected chi connectivity index (χ1v) is 5.55. The SMILES string of the molecule is CC(C)Cn1ncnc1CC(O)C(C)C. The van der Waals surface area contributed by atoms with E-state index in [-0.39, 0.29) is 12.0 Å². The van der Waals surface area contributed by atoms with E-state index in [4.69, 9.17) is 0 Å². The summed E-state index contributed by atoms with van der Waals surface area (Å²) in [5, 5.41) is 13.9. The van der Waals surface area contributed by atoms with Crippen LogP contribution < -0.4 is 0 Å². The van der Waals surface area contributed by atoms with Crippen molar-refractivity contribution in [2.75, 3.05) is 0 Å². The molecule has 0 aliphatic rings. The molecule has 0 aromatic carbocycles. The molecule has 0 spiro atoms. The molecule has 1 aromatic heterocycles. The molecule has 0 bridgehead atoms. The lowest BCUT2D eigenvalue weighted by atomic mass is 10.0. The van der Waals surface area contributed by atoms with Crippen molar-refractivity contribution in [1.82, 2.24) is 14.8 Å². The minimum absolute atomic E-state index is 0.259. The number of aromatic nitrogens is 3. The molecule has 0 radical (unpaired) electrons. The Morgan fingerprint density at radius 3 is 2.53 bits per heavy atom. The Morgan fingerprint density at radius 1 is 1.33 bits per heavy atom. The van der Waals surface area contributed by atoms with Crippen molar-refractivity contribution in [1.29, 1.82) is 0 Å². The molecule has 0 aliphatic heterocycles. The molecule has 15 heavy (non-hydrogen) atoms. The van der Waals surface area contributed by atoms with Crippen molar-refractivity contribution in [2.24, 2.45) is 11.8 Å². The quantitative estimate of drug-likeness (QED) is 0.803. The standard InChI is InChI=1S/C11H21N3O/c1-8(2)6-14-11(12-7-13-14)5-10(15)9(3)4/h7-10,15H,5-6H2,1-4H3. The van der Waals surface area contributed by atoms with Gasteiger partial charge in [0.1, 0.15) is 12.2 Å². The van der Waals surface area contributed by atoms with Crippen molar-refractivity contribution < 1.29 is 5.11 Å². The number of hydrogen-bond acceptors (Lipinski definition) is 3. The Bertz CT molecular complexity index is 294. The highest BCUT2D eigenvalue weighted by atomic mass is 16.3. The highest BCUT2D eigenvalue weighted by Crippen LogP contribution is 2.09. The van der Waals surface area contributed by atoms with Crippen LogP contribution in [0.3, 0.4) is 0 Å². The van der Waals surface area contributed by atoms with Crippen LogP contribution in [0.5, 0.6) is 0 Å². The van der Waals surface area contributed by atoms with Gasteiger partial charge in [-0.25, -0.2) is 9.67 Å². The topological polar surface area (TPSA) is 50.9 Å². The second-order valence-electron chi connectivity index (χ2n) is 4.77. The number of rotatable bonds is 5. The van der Waals surface area contributed by atoms with Crippen LogP contribution in [0, 0.1) is 11.8 Å². The van der Waals surface area contributed by atoms with E-state index in [1.54, 1.807) is 6.33 Å². The molecular weight excluding hydrogens is 190 g/mol. The summed E-state index contributed by atoms with van der Waals surface area (Å²) in [6.07, 6.45) is 1.81. The Hall–Kier alpha value is -0.900. The molecule has 0 saturated carbocycles. The van der Waals surface area contributed by atoms with E-state index in [1.807, 2.05) is 18.5 Å². The molecule has 0 saturated heterocycles. The third-order valence-electron chi connectivity index (χ3n) is 2.40. The zero-order valence-electron chi connectivity index (χ0n) is 10.0. The fraction of sp³-hybridized carbons (Fsp3) is 0.818. The van der Waals surface area contributed by atoms with Crippen LogP contribution in [0.4, 0.5) is 0 Å². The third kappa shape index (κ3) is 3.63. The van der Waals surface area contributed by atoms with Gasteiger partial charge in [-0.3, -0.25) is 0 Å². The summed E-state index contributed by atoms with van der Waals surface area (Å²) < 4.78 is 1.89. The second kappa shape index (κ2) is 5.26. The molecule has 1 aromatic rings. The molecule has 1 atom stereocenters. The van der Waals surface area contributed by atoms with Crippen molar-refractivity contribution in [3.05, 3.63) is 12.2 Å². The predicted molar refractivity (Wildman–Crippen MR) is 59.4 cm³/mol. The maximum absolute atomic E-state index is 9.78. The minimum atomic E-state index is -0.333. The molecule has 0 aliphatic carbocycles. The lowest BCUT2D eigenvalue weighted by Crippen LogP contribution is -2.21. The molecule has 0 amide bonds. The fourth-order valence-corrected chi connectivity index (χ4v) is 1.37. The number of aliphatic hydroxyl groups excluding tert-OH is 1. The number of aliphatic hydroxyl groups is 1. The van der Waals surface area contributed by atoms with Crippen molar-refractivity contribution in [2.45, 2.75) is 46.8 Å². The first kappa shape index (κ1) is 12.2. The maximum Gasteiger partial charge on any atom is 0.138 e. The smallest absolute Gasteiger partial charge is 0.138 e. The summed E-state index contributed by atoms with van der Waals surface area (Å²) in [5.74, 6) is 1.68. The van der Waals surface area contributed by atoms with Crippen LogP contribution in [0.25, 0.3) is 0 Å². The van der Waals surface area contributed by atoms with Gasteiger partial charge in [0, 0.05) is 13.0 Å². The van der Waals surface area contributed by atoms with Gasteiger partial charge < -0.3 is 5.11 Å². The highest BCUT2D eigenvalue weighted by molar-refractivity contribution is 4.88. The van der Waals surface area contributed by atoms with Gasteiger partial charge in [-0.2, -0.15) is 5.10 Å². The average Bonchev–Trinajstić information content (AvgIpc) is 2.51. The van der Waals surface area contributed by atoms with E-state index < -0.39 is 0 Å². The number of nitrogens with zero attached hydrogens (tertiary/aromatic N) is 3. The molecular formula is C11H21N3O. The van der Waals surface area contributed by atoms with E-state index in [2.05, 4.69) is 23.9 Å². The Morgan fingerprint density at radius 2 is 2.00 bits per heavy atom. The largest absolute Gasteiger partial charge is 0.392 e. The van der Waals surface area contributed by atoms with Crippen LogP contribution in [0.15, 0.2) is 6.33 Å². The average molecular weight is 211 g/mol. The summed E-state index contributed by atoms with van der Waals surface area (Å²) in [5.41, 5.74) is 0. The van der Waals surface area contributed by atoms with Gasteiger partial charge in [0.15, 0.2) is 0 Å². The molecule has 1 heterocycles. The van der Waals surface area contributed by atoms with Crippen LogP contribution >= 0.6 is 0 Å². The van der Waals surface area contributed by atoms with Gasteiger partial charge >= 0.3 is 0 Å². The van der Waals surface area contributed by atoms with Crippen LogP contribution in [0.2, 0.25) is 0 Å². The lowest BCUT2D eigenvalue weighted by molar-refractivity contribution is 0.122. The fourth-order valence-electron chi connectivity index (χ4n) is 1.37. The summed E-state index contributed by atoms with van der Waals surface area (Å²) in [7, 11) is 0. The molecule has 1 unspecified atom stereocenters. The highest BCUT2D eigenvalue weighted by Gasteiger charge is 2.14. The van der Waals surface area contributed by atoms with Gasteiger partial charge in [0.2, 0.25) is 0 Å². The van der Waals surface area contributed by atoms with Crippen molar-refractivity contribution in [3.8, 4) is 0 Å². The van der Waals surface area contributed by atoms with Gasteiger partial charge in [0.05, 0.1) is 6.10 Å². The monoisotopic (exact) mass is 211 g/mol. The first-order chi connectivity index (χ1) is 7.00. The van der Waals surface area contributed by atoms with E-state index in [9.17, 15) is 5.11 Å². The van der Waals surface area contributed by atoms with Crippen molar-refractivity contribution in [3.63, 3.8) is 0 Å². The summed E-state index contributed by atoms with van der Waals surface area (Å²) >= 11 is 0. The Labute approximate surface area is 91.3 Å². The zero-order valence-corrected chi connectivity index (χ0v) is 10.0. The minimum Gasteiger partial charge on any atom is -0.392 e. The predicted octanol–water partition coefficient (Wildman–Crippen LogP) is 1.49. The summed E-state index contributed by atoms with van der Waals surface area (Å²) in [4.78, 5) is 4.18. The summed E-state index contributed by atoms with van der Waals surface area (Å²) in [6, 6.07) is 0. The van der Waals surface area contributed by atoms with E-state index >= 15 is 0 Å². The van der Waals surface area contributed by atoms with E-state index in [1.165, 1.54) is 0 Å². The Kier molecular flexibility index (Phi) is 4.27. The maximum atomic E-state index is 9.78. The molecule has 4 heteroatoms. The van der Waals surface area contributed by atoms with Gasteiger partial charge in [0.25, 0.3) is 0 Å². The molecule has 4 nitrogen and oxygen atoms in total. The van der Waals surface area contributed by atoms with Gasteiger partial charge in [-0.1, -0.05) is 27.7 Å². The first-order valence-electron chi connectivity index (χ1n) is 5.55. The molecule has 0 fully saturated rings. The van der Waals surface area contributed by atoms with Crippen molar-refractivity contribution >= 4 is 0 Å². The van der Waals surface area contributed by atoms with E-state index in [0.717, 1.165) is 12.4 Å².